The lowest BCUT2D eigenvalue weighted by Gasteiger charge is -2.21. The summed E-state index contributed by atoms with van der Waals surface area (Å²) in [6, 6.07) is 7.11. The van der Waals surface area contributed by atoms with Gasteiger partial charge in [-0.3, -0.25) is 0 Å². The van der Waals surface area contributed by atoms with Crippen LogP contribution in [0.15, 0.2) is 24.3 Å². The SMILES string of the molecule is CCCN(CCCOc1ccc(-c2cc3c(nnn3C)c(C#N)n2)cc1C(F)(F)F)CCS(=O)O. The third kappa shape index (κ3) is 6.74. The maximum Gasteiger partial charge on any atom is 0.419 e. The van der Waals surface area contributed by atoms with Gasteiger partial charge in [-0.1, -0.05) is 12.1 Å². The molecular formula is C22H25F3N6O3S. The summed E-state index contributed by atoms with van der Waals surface area (Å²) in [6.07, 6.45) is -3.36. The van der Waals surface area contributed by atoms with Crippen LogP contribution in [0, 0.1) is 11.3 Å². The van der Waals surface area contributed by atoms with Gasteiger partial charge >= 0.3 is 6.18 Å². The zero-order valence-corrected chi connectivity index (χ0v) is 20.1. The molecule has 0 aliphatic rings. The van der Waals surface area contributed by atoms with E-state index in [0.29, 0.717) is 31.6 Å². The van der Waals surface area contributed by atoms with Crippen LogP contribution in [0.2, 0.25) is 0 Å². The van der Waals surface area contributed by atoms with Crippen molar-refractivity contribution in [3.63, 3.8) is 0 Å². The predicted molar refractivity (Wildman–Crippen MR) is 124 cm³/mol. The van der Waals surface area contributed by atoms with E-state index in [4.69, 9.17) is 9.29 Å². The van der Waals surface area contributed by atoms with Gasteiger partial charge in [0.1, 0.15) is 17.3 Å². The number of nitriles is 1. The Balaban J connectivity index is 1.79. The molecule has 0 aliphatic heterocycles. The number of fused-ring (bicyclic) bond motifs is 1. The second-order valence-corrected chi connectivity index (χ2v) is 8.88. The molecule has 1 aromatic carbocycles. The zero-order valence-electron chi connectivity index (χ0n) is 19.2. The molecule has 0 saturated carbocycles. The van der Waals surface area contributed by atoms with Crippen LogP contribution in [-0.4, -0.2) is 65.6 Å². The smallest absolute Gasteiger partial charge is 0.419 e. The van der Waals surface area contributed by atoms with E-state index in [-0.39, 0.29) is 40.6 Å². The Labute approximate surface area is 202 Å². The summed E-state index contributed by atoms with van der Waals surface area (Å²) >= 11 is -1.90. The van der Waals surface area contributed by atoms with Crippen LogP contribution < -0.4 is 4.74 Å². The van der Waals surface area contributed by atoms with E-state index in [1.807, 2.05) is 17.9 Å². The van der Waals surface area contributed by atoms with E-state index < -0.39 is 22.8 Å². The second kappa shape index (κ2) is 11.6. The Morgan fingerprint density at radius 2 is 2.03 bits per heavy atom. The molecule has 1 atom stereocenters. The van der Waals surface area contributed by atoms with Crippen LogP contribution in [0.25, 0.3) is 22.3 Å². The number of ether oxygens (including phenoxy) is 1. The molecule has 2 heterocycles. The monoisotopic (exact) mass is 510 g/mol. The number of pyridine rings is 1. The highest BCUT2D eigenvalue weighted by atomic mass is 32.2. The van der Waals surface area contributed by atoms with Gasteiger partial charge in [0.15, 0.2) is 16.8 Å². The van der Waals surface area contributed by atoms with Crippen molar-refractivity contribution >= 4 is 22.1 Å². The fraction of sp³-hybridized carbons (Fsp3) is 0.455. The quantitative estimate of drug-likeness (QED) is 0.307. The highest BCUT2D eigenvalue weighted by Gasteiger charge is 2.35. The Morgan fingerprint density at radius 1 is 1.26 bits per heavy atom. The molecule has 188 valence electrons. The maximum atomic E-state index is 13.8. The van der Waals surface area contributed by atoms with Crippen LogP contribution in [-0.2, 0) is 24.3 Å². The van der Waals surface area contributed by atoms with Crippen molar-refractivity contribution in [2.45, 2.75) is 25.9 Å². The topological polar surface area (TPSA) is 117 Å². The summed E-state index contributed by atoms with van der Waals surface area (Å²) in [6.45, 7) is 3.70. The van der Waals surface area contributed by atoms with Crippen molar-refractivity contribution in [3.05, 3.63) is 35.5 Å². The Hall–Kier alpha value is -3.08. The third-order valence-electron chi connectivity index (χ3n) is 5.28. The number of hydrogen-bond acceptors (Lipinski definition) is 7. The maximum absolute atomic E-state index is 13.8. The Morgan fingerprint density at radius 3 is 2.69 bits per heavy atom. The molecule has 13 heteroatoms. The van der Waals surface area contributed by atoms with Crippen LogP contribution >= 0.6 is 0 Å². The molecule has 2 aromatic heterocycles. The van der Waals surface area contributed by atoms with Gasteiger partial charge in [0.2, 0.25) is 0 Å². The molecule has 0 radical (unpaired) electrons. The molecule has 0 spiro atoms. The average Bonchev–Trinajstić information content (AvgIpc) is 3.19. The van der Waals surface area contributed by atoms with Crippen LogP contribution in [0.4, 0.5) is 13.2 Å². The molecule has 1 N–H and O–H groups in total. The summed E-state index contributed by atoms with van der Waals surface area (Å²) < 4.78 is 68.3. The third-order valence-corrected chi connectivity index (χ3v) is 5.82. The average molecular weight is 511 g/mol. The van der Waals surface area contributed by atoms with E-state index >= 15 is 0 Å². The van der Waals surface area contributed by atoms with Crippen LogP contribution in [0.1, 0.15) is 31.0 Å². The van der Waals surface area contributed by atoms with Crippen molar-refractivity contribution < 1.29 is 26.7 Å². The minimum Gasteiger partial charge on any atom is -0.493 e. The van der Waals surface area contributed by atoms with Gasteiger partial charge in [0.05, 0.1) is 29.1 Å². The number of alkyl halides is 3. The van der Waals surface area contributed by atoms with Crippen LogP contribution in [0.5, 0.6) is 5.75 Å². The van der Waals surface area contributed by atoms with Gasteiger partial charge in [0.25, 0.3) is 0 Å². The molecule has 0 aliphatic carbocycles. The molecule has 3 aromatic rings. The fourth-order valence-corrected chi connectivity index (χ4v) is 4.04. The lowest BCUT2D eigenvalue weighted by Crippen LogP contribution is -2.30. The molecule has 9 nitrogen and oxygen atoms in total. The van der Waals surface area contributed by atoms with Gasteiger partial charge in [-0.2, -0.15) is 18.4 Å². The predicted octanol–water partition coefficient (Wildman–Crippen LogP) is 3.62. The van der Waals surface area contributed by atoms with Gasteiger partial charge < -0.3 is 14.2 Å². The van der Waals surface area contributed by atoms with Gasteiger partial charge in [-0.25, -0.2) is 13.9 Å². The summed E-state index contributed by atoms with van der Waals surface area (Å²) in [7, 11) is 1.61. The van der Waals surface area contributed by atoms with Gasteiger partial charge in [0, 0.05) is 25.7 Å². The Kier molecular flexibility index (Phi) is 8.76. The number of rotatable bonds is 11. The molecule has 0 saturated heterocycles. The van der Waals surface area contributed by atoms with Crippen molar-refractivity contribution in [2.24, 2.45) is 7.05 Å². The number of aryl methyl sites for hydroxylation is 1. The largest absolute Gasteiger partial charge is 0.493 e. The first kappa shape index (κ1) is 26.5. The minimum absolute atomic E-state index is 0.0267. The number of hydrogen-bond donors (Lipinski definition) is 1. The van der Waals surface area contributed by atoms with E-state index in [1.54, 1.807) is 7.05 Å². The Bertz CT molecular complexity index is 1240. The van der Waals surface area contributed by atoms with Crippen LogP contribution in [0.3, 0.4) is 0 Å². The summed E-state index contributed by atoms with van der Waals surface area (Å²) in [4.78, 5) is 6.15. The molecule has 0 fully saturated rings. The lowest BCUT2D eigenvalue weighted by atomic mass is 10.1. The van der Waals surface area contributed by atoms with E-state index in [1.165, 1.54) is 22.9 Å². The molecular weight excluding hydrogens is 485 g/mol. The molecule has 35 heavy (non-hydrogen) atoms. The van der Waals surface area contributed by atoms with Gasteiger partial charge in [-0.15, -0.1) is 5.10 Å². The van der Waals surface area contributed by atoms with Crippen molar-refractivity contribution in [3.8, 4) is 23.1 Å². The fourth-order valence-electron chi connectivity index (χ4n) is 3.62. The number of benzene rings is 1. The highest BCUT2D eigenvalue weighted by Crippen LogP contribution is 2.39. The second-order valence-electron chi connectivity index (χ2n) is 7.83. The van der Waals surface area contributed by atoms with E-state index in [0.717, 1.165) is 12.5 Å². The van der Waals surface area contributed by atoms with Crippen molar-refractivity contribution in [1.29, 1.82) is 5.26 Å². The van der Waals surface area contributed by atoms with Crippen molar-refractivity contribution in [2.75, 3.05) is 32.0 Å². The minimum atomic E-state index is -4.67. The first-order valence-electron chi connectivity index (χ1n) is 10.9. The summed E-state index contributed by atoms with van der Waals surface area (Å²) in [5.74, 6) is -0.188. The molecule has 0 bridgehead atoms. The van der Waals surface area contributed by atoms with Gasteiger partial charge in [-0.05, 0) is 43.7 Å². The molecule has 1 unspecified atom stereocenters. The zero-order chi connectivity index (χ0) is 25.6. The summed E-state index contributed by atoms with van der Waals surface area (Å²) in [5.41, 5.74) is 0.142. The standard InChI is InChI=1S/C22H25F3N6O3S/c1-3-7-31(9-11-35(32)33)8-4-10-34-20-6-5-15(12-16(20)22(23,24)25)17-13-19-21(18(14-26)27-17)28-29-30(19)2/h5-6,12-13H,3-4,7-11H2,1-2H3,(H,32,33). The first-order valence-corrected chi connectivity index (χ1v) is 12.2. The summed E-state index contributed by atoms with van der Waals surface area (Å²) in [5, 5.41) is 17.1. The molecule has 3 rings (SSSR count). The van der Waals surface area contributed by atoms with E-state index in [2.05, 4.69) is 15.3 Å². The first-order chi connectivity index (χ1) is 16.6. The number of halogens is 3. The number of aromatic nitrogens is 4. The highest BCUT2D eigenvalue weighted by molar-refractivity contribution is 7.79. The van der Waals surface area contributed by atoms with Crippen molar-refractivity contribution in [1.82, 2.24) is 24.9 Å². The number of nitrogens with zero attached hydrogens (tertiary/aromatic N) is 6. The molecule has 0 amide bonds. The normalized spacial score (nSPS) is 12.7. The lowest BCUT2D eigenvalue weighted by molar-refractivity contribution is -0.138. The van der Waals surface area contributed by atoms with E-state index in [9.17, 15) is 22.6 Å².